The van der Waals surface area contributed by atoms with Gasteiger partial charge in [0.2, 0.25) is 0 Å². The summed E-state index contributed by atoms with van der Waals surface area (Å²) in [5.74, 6) is 1.21. The van der Waals surface area contributed by atoms with Gasteiger partial charge < -0.3 is 4.74 Å². The quantitative estimate of drug-likeness (QED) is 0.370. The average molecular weight is 406 g/mol. The summed E-state index contributed by atoms with van der Waals surface area (Å²) in [6, 6.07) is 14.0. The molecule has 0 aliphatic carbocycles. The molecule has 0 saturated heterocycles. The summed E-state index contributed by atoms with van der Waals surface area (Å²) in [4.78, 5) is 10.5. The third-order valence-corrected chi connectivity index (χ3v) is 6.04. The Balaban J connectivity index is 1.80. The first-order valence-electron chi connectivity index (χ1n) is 8.61. The fourth-order valence-electron chi connectivity index (χ4n) is 2.77. The van der Waals surface area contributed by atoms with Gasteiger partial charge in [-0.15, -0.1) is 27.8 Å². The van der Waals surface area contributed by atoms with Crippen LogP contribution in [0.5, 0.6) is 5.75 Å². The van der Waals surface area contributed by atoms with Crippen LogP contribution in [0.3, 0.4) is 0 Å². The normalized spacial score (nSPS) is 11.1. The lowest BCUT2D eigenvalue weighted by molar-refractivity contribution is 0.341. The molecule has 0 amide bonds. The molecular weight excluding hydrogens is 390 g/mol. The van der Waals surface area contributed by atoms with Crippen molar-refractivity contribution in [2.24, 2.45) is 10.2 Å². The summed E-state index contributed by atoms with van der Waals surface area (Å²) in [7, 11) is 0. The Bertz CT molecular complexity index is 1180. The molecule has 4 rings (SSSR count). The number of azo groups is 1. The lowest BCUT2D eigenvalue weighted by atomic mass is 10.1. The topological polar surface area (TPSA) is 83.5 Å². The van der Waals surface area contributed by atoms with Gasteiger partial charge in [-0.25, -0.2) is 9.97 Å². The summed E-state index contributed by atoms with van der Waals surface area (Å²) in [5, 5.41) is 20.4. The molecule has 3 aromatic heterocycles. The van der Waals surface area contributed by atoms with Crippen LogP contribution in [-0.2, 0) is 6.54 Å². The Morgan fingerprint density at radius 2 is 2.07 bits per heavy atom. The van der Waals surface area contributed by atoms with E-state index >= 15 is 0 Å². The first-order chi connectivity index (χ1) is 13.8. The van der Waals surface area contributed by atoms with Crippen molar-refractivity contribution in [2.75, 3.05) is 6.61 Å². The number of ether oxygens (including phenoxy) is 1. The molecule has 6 nitrogen and oxygen atoms in total. The van der Waals surface area contributed by atoms with Crippen molar-refractivity contribution < 1.29 is 4.74 Å². The second-order valence-corrected chi connectivity index (χ2v) is 7.75. The van der Waals surface area contributed by atoms with E-state index in [1.165, 1.54) is 17.7 Å². The van der Waals surface area contributed by atoms with Crippen LogP contribution in [0.4, 0.5) is 5.82 Å². The Labute approximate surface area is 169 Å². The highest BCUT2D eigenvalue weighted by atomic mass is 32.1. The third-order valence-electron chi connectivity index (χ3n) is 3.97. The van der Waals surface area contributed by atoms with Crippen LogP contribution in [0.25, 0.3) is 20.7 Å². The Morgan fingerprint density at radius 3 is 2.86 bits per heavy atom. The molecule has 138 valence electrons. The molecule has 0 spiro atoms. The molecule has 0 saturated carbocycles. The second kappa shape index (κ2) is 8.25. The van der Waals surface area contributed by atoms with Crippen molar-refractivity contribution in [3.05, 3.63) is 58.5 Å². The second-order valence-electron chi connectivity index (χ2n) is 5.70. The van der Waals surface area contributed by atoms with Crippen LogP contribution in [0.2, 0.25) is 0 Å². The van der Waals surface area contributed by atoms with Crippen molar-refractivity contribution in [3.63, 3.8) is 0 Å². The summed E-state index contributed by atoms with van der Waals surface area (Å²) >= 11 is 3.07. The number of fused-ring (bicyclic) bond motifs is 1. The fourth-order valence-corrected chi connectivity index (χ4v) is 4.56. The zero-order chi connectivity index (χ0) is 19.3. The number of nitriles is 1. The van der Waals surface area contributed by atoms with Crippen LogP contribution in [0, 0.1) is 11.3 Å². The molecule has 0 N–H and O–H groups in total. The molecule has 1 aromatic carbocycles. The molecule has 0 unspecified atom stereocenters. The zero-order valence-electron chi connectivity index (χ0n) is 15.0. The van der Waals surface area contributed by atoms with Gasteiger partial charge in [-0.3, -0.25) is 0 Å². The van der Waals surface area contributed by atoms with Crippen LogP contribution in [0.1, 0.15) is 17.4 Å². The summed E-state index contributed by atoms with van der Waals surface area (Å²) in [6.07, 6.45) is 1.42. The summed E-state index contributed by atoms with van der Waals surface area (Å²) in [5.41, 5.74) is 1.96. The molecule has 3 heterocycles. The van der Waals surface area contributed by atoms with E-state index in [2.05, 4.69) is 26.3 Å². The zero-order valence-corrected chi connectivity index (χ0v) is 16.6. The molecular formula is C20H15N5OS2. The van der Waals surface area contributed by atoms with Gasteiger partial charge in [0.05, 0.1) is 23.6 Å². The predicted octanol–water partition coefficient (Wildman–Crippen LogP) is 5.97. The predicted molar refractivity (Wildman–Crippen MR) is 111 cm³/mol. The van der Waals surface area contributed by atoms with Gasteiger partial charge in [-0.1, -0.05) is 18.2 Å². The number of nitrogens with zero attached hydrogens (tertiary/aromatic N) is 5. The number of benzene rings is 1. The highest BCUT2D eigenvalue weighted by Crippen LogP contribution is 2.43. The van der Waals surface area contributed by atoms with Gasteiger partial charge in [0, 0.05) is 10.4 Å². The molecule has 0 aliphatic rings. The van der Waals surface area contributed by atoms with E-state index in [0.29, 0.717) is 30.0 Å². The van der Waals surface area contributed by atoms with Crippen molar-refractivity contribution in [1.29, 1.82) is 5.26 Å². The SMILES string of the molecule is CCOc1ccccc1-c1sc2c(N=NCc3cccs3)ncnc2c1C#N. The average Bonchev–Trinajstić information content (AvgIpc) is 3.36. The van der Waals surface area contributed by atoms with Gasteiger partial charge >= 0.3 is 0 Å². The van der Waals surface area contributed by atoms with Gasteiger partial charge in [0.15, 0.2) is 5.82 Å². The lowest BCUT2D eigenvalue weighted by Crippen LogP contribution is -1.93. The first kappa shape index (κ1) is 18.2. The van der Waals surface area contributed by atoms with Gasteiger partial charge in [0.1, 0.15) is 28.4 Å². The van der Waals surface area contributed by atoms with Crippen LogP contribution in [0.15, 0.2) is 58.3 Å². The molecule has 0 bridgehead atoms. The van der Waals surface area contributed by atoms with E-state index < -0.39 is 0 Å². The number of para-hydroxylation sites is 1. The monoisotopic (exact) mass is 405 g/mol. The molecule has 0 atom stereocenters. The van der Waals surface area contributed by atoms with Gasteiger partial charge in [-0.05, 0) is 30.5 Å². The van der Waals surface area contributed by atoms with Crippen LogP contribution in [-0.4, -0.2) is 16.6 Å². The Kier molecular flexibility index (Phi) is 5.37. The Morgan fingerprint density at radius 1 is 1.18 bits per heavy atom. The minimum absolute atomic E-state index is 0.475. The largest absolute Gasteiger partial charge is 0.493 e. The van der Waals surface area contributed by atoms with Crippen molar-refractivity contribution in [2.45, 2.75) is 13.5 Å². The smallest absolute Gasteiger partial charge is 0.195 e. The number of rotatable bonds is 6. The van der Waals surface area contributed by atoms with Crippen LogP contribution < -0.4 is 4.74 Å². The number of aromatic nitrogens is 2. The number of hydrogen-bond donors (Lipinski definition) is 0. The molecule has 8 heteroatoms. The Hall–Kier alpha value is -3.15. The van der Waals surface area contributed by atoms with E-state index in [4.69, 9.17) is 4.74 Å². The van der Waals surface area contributed by atoms with E-state index in [0.717, 1.165) is 25.8 Å². The molecule has 0 fully saturated rings. The number of hydrogen-bond acceptors (Lipinski definition) is 8. The lowest BCUT2D eigenvalue weighted by Gasteiger charge is -2.08. The minimum atomic E-state index is 0.475. The maximum atomic E-state index is 9.78. The molecule has 0 aliphatic heterocycles. The first-order valence-corrected chi connectivity index (χ1v) is 10.3. The van der Waals surface area contributed by atoms with Gasteiger partial charge in [-0.2, -0.15) is 10.4 Å². The van der Waals surface area contributed by atoms with Gasteiger partial charge in [0.25, 0.3) is 0 Å². The highest BCUT2D eigenvalue weighted by molar-refractivity contribution is 7.23. The standard InChI is InChI=1S/C20H15N5OS2/c1-2-26-16-8-4-3-7-14(16)18-15(10-21)17-19(28-18)20(23-12-22-17)25-24-11-13-6-5-9-27-13/h3-9,12H,2,11H2,1H3. The fraction of sp³-hybridized carbons (Fsp3) is 0.150. The maximum Gasteiger partial charge on any atom is 0.195 e. The number of thiophene rings is 2. The summed E-state index contributed by atoms with van der Waals surface area (Å²) < 4.78 is 6.49. The van der Waals surface area contributed by atoms with E-state index in [-0.39, 0.29) is 0 Å². The minimum Gasteiger partial charge on any atom is -0.493 e. The molecule has 4 aromatic rings. The van der Waals surface area contributed by atoms with E-state index in [1.807, 2.05) is 48.7 Å². The van der Waals surface area contributed by atoms with Crippen molar-refractivity contribution in [3.8, 4) is 22.3 Å². The van der Waals surface area contributed by atoms with E-state index in [1.54, 1.807) is 11.3 Å². The van der Waals surface area contributed by atoms with Crippen molar-refractivity contribution in [1.82, 2.24) is 9.97 Å². The molecule has 28 heavy (non-hydrogen) atoms. The van der Waals surface area contributed by atoms with Crippen LogP contribution >= 0.6 is 22.7 Å². The third kappa shape index (κ3) is 3.50. The van der Waals surface area contributed by atoms with Crippen molar-refractivity contribution >= 4 is 38.7 Å². The van der Waals surface area contributed by atoms with E-state index in [9.17, 15) is 5.26 Å². The highest BCUT2D eigenvalue weighted by Gasteiger charge is 2.20. The summed E-state index contributed by atoms with van der Waals surface area (Å²) in [6.45, 7) is 2.98. The molecule has 0 radical (unpaired) electrons. The maximum absolute atomic E-state index is 9.78.